The number of aliphatic hydroxyl groups is 1. The third kappa shape index (κ3) is 3.83. The first-order chi connectivity index (χ1) is 12.1. The molecule has 0 aliphatic carbocycles. The van der Waals surface area contributed by atoms with Crippen LogP contribution in [0.2, 0.25) is 0 Å². The number of hydrogen-bond acceptors (Lipinski definition) is 4. The second kappa shape index (κ2) is 7.40. The van der Waals surface area contributed by atoms with E-state index in [2.05, 4.69) is 0 Å². The molecule has 3 rings (SSSR count). The van der Waals surface area contributed by atoms with E-state index in [0.29, 0.717) is 17.7 Å². The highest BCUT2D eigenvalue weighted by Crippen LogP contribution is 2.18. The van der Waals surface area contributed by atoms with Crippen LogP contribution in [0, 0.1) is 0 Å². The Kier molecular flexibility index (Phi) is 5.05. The monoisotopic (exact) mass is 338 g/mol. The van der Waals surface area contributed by atoms with E-state index in [4.69, 9.17) is 4.84 Å². The molecule has 0 fully saturated rings. The van der Waals surface area contributed by atoms with Crippen molar-refractivity contribution in [3.05, 3.63) is 76.6 Å². The molecule has 0 saturated carbocycles. The molecule has 3 aromatic rings. The van der Waals surface area contributed by atoms with E-state index in [1.165, 1.54) is 4.73 Å². The molecule has 1 heterocycles. The number of nitrogens with zero attached hydrogens (tertiary/aromatic N) is 2. The summed E-state index contributed by atoms with van der Waals surface area (Å²) >= 11 is 0. The van der Waals surface area contributed by atoms with Crippen LogP contribution < -0.4 is 15.3 Å². The molecule has 0 amide bonds. The number of aromatic nitrogens is 1. The second-order valence-corrected chi connectivity index (χ2v) is 6.17. The van der Waals surface area contributed by atoms with Crippen LogP contribution in [-0.2, 0) is 6.54 Å². The molecule has 0 aliphatic heterocycles. The van der Waals surface area contributed by atoms with Gasteiger partial charge in [0.05, 0.1) is 11.6 Å². The normalized spacial score (nSPS) is 12.1. The quantitative estimate of drug-likeness (QED) is 0.750. The minimum absolute atomic E-state index is 0.0513. The highest BCUT2D eigenvalue weighted by Gasteiger charge is 2.14. The molecule has 130 valence electrons. The van der Waals surface area contributed by atoms with E-state index in [0.717, 1.165) is 10.9 Å². The van der Waals surface area contributed by atoms with Crippen LogP contribution in [0.3, 0.4) is 0 Å². The van der Waals surface area contributed by atoms with Gasteiger partial charge in [-0.1, -0.05) is 48.5 Å². The van der Waals surface area contributed by atoms with Crippen molar-refractivity contribution in [2.45, 2.75) is 19.6 Å². The molecule has 1 aromatic heterocycles. The smallest absolute Gasteiger partial charge is 0.307 e. The van der Waals surface area contributed by atoms with Gasteiger partial charge >= 0.3 is 5.56 Å². The van der Waals surface area contributed by atoms with Gasteiger partial charge in [0.1, 0.15) is 12.3 Å². The van der Waals surface area contributed by atoms with Crippen LogP contribution in [0.5, 0.6) is 0 Å². The molecule has 5 nitrogen and oxygen atoms in total. The van der Waals surface area contributed by atoms with Crippen molar-refractivity contribution in [2.75, 3.05) is 18.6 Å². The lowest BCUT2D eigenvalue weighted by Gasteiger charge is -2.21. The fourth-order valence-corrected chi connectivity index (χ4v) is 2.74. The summed E-state index contributed by atoms with van der Waals surface area (Å²) in [7, 11) is 1.89. The number of para-hydroxylation sites is 1. The van der Waals surface area contributed by atoms with Crippen LogP contribution in [0.1, 0.15) is 12.5 Å². The van der Waals surface area contributed by atoms with Crippen LogP contribution in [0.4, 0.5) is 5.69 Å². The Hall–Kier alpha value is -2.79. The van der Waals surface area contributed by atoms with Gasteiger partial charge in [-0.25, -0.2) is 0 Å². The van der Waals surface area contributed by atoms with Gasteiger partial charge in [-0.3, -0.25) is 4.79 Å². The van der Waals surface area contributed by atoms with Crippen molar-refractivity contribution >= 4 is 16.6 Å². The van der Waals surface area contributed by atoms with Crippen molar-refractivity contribution in [2.24, 2.45) is 0 Å². The van der Waals surface area contributed by atoms with Crippen LogP contribution in [-0.4, -0.2) is 29.6 Å². The van der Waals surface area contributed by atoms with E-state index in [9.17, 15) is 9.90 Å². The Labute approximate surface area is 146 Å². The van der Waals surface area contributed by atoms with Gasteiger partial charge in [-0.2, -0.15) is 0 Å². The predicted molar refractivity (Wildman–Crippen MR) is 99.9 cm³/mol. The zero-order valence-electron chi connectivity index (χ0n) is 14.4. The van der Waals surface area contributed by atoms with Crippen molar-refractivity contribution in [1.82, 2.24) is 4.73 Å². The van der Waals surface area contributed by atoms with E-state index in [1.54, 1.807) is 6.92 Å². The number of aliphatic hydroxyl groups excluding tert-OH is 1. The Morgan fingerprint density at radius 1 is 1.12 bits per heavy atom. The molecular weight excluding hydrogens is 316 g/mol. The number of anilines is 1. The van der Waals surface area contributed by atoms with Crippen LogP contribution >= 0.6 is 0 Å². The van der Waals surface area contributed by atoms with E-state index < -0.39 is 6.10 Å². The van der Waals surface area contributed by atoms with Gasteiger partial charge < -0.3 is 14.8 Å². The molecule has 0 radical (unpaired) electrons. The Balaban J connectivity index is 2.02. The summed E-state index contributed by atoms with van der Waals surface area (Å²) in [6.45, 7) is 2.29. The zero-order valence-corrected chi connectivity index (χ0v) is 14.4. The molecular formula is C20H22N2O3. The Morgan fingerprint density at radius 3 is 2.52 bits per heavy atom. The first kappa shape index (κ1) is 17.0. The number of pyridine rings is 1. The molecule has 0 bridgehead atoms. The number of rotatable bonds is 6. The van der Waals surface area contributed by atoms with Gasteiger partial charge in [-0.05, 0) is 24.6 Å². The van der Waals surface area contributed by atoms with E-state index in [1.807, 2.05) is 72.6 Å². The SMILES string of the molecule is CC(O)COn1c(=O)c(N(C)Cc2ccccc2)cc2ccccc21. The van der Waals surface area contributed by atoms with Gasteiger partial charge in [0.2, 0.25) is 0 Å². The van der Waals surface area contributed by atoms with Crippen molar-refractivity contribution in [3.8, 4) is 0 Å². The molecule has 1 atom stereocenters. The van der Waals surface area contributed by atoms with Crippen LogP contribution in [0.15, 0.2) is 65.5 Å². The molecule has 5 heteroatoms. The summed E-state index contributed by atoms with van der Waals surface area (Å²) in [6.07, 6.45) is -0.656. The van der Waals surface area contributed by atoms with Gasteiger partial charge in [0.25, 0.3) is 0 Å². The maximum absolute atomic E-state index is 12.9. The van der Waals surface area contributed by atoms with E-state index >= 15 is 0 Å². The summed E-state index contributed by atoms with van der Waals surface area (Å²) in [5.41, 5.74) is 2.12. The summed E-state index contributed by atoms with van der Waals surface area (Å²) in [6, 6.07) is 19.4. The predicted octanol–water partition coefficient (Wildman–Crippen LogP) is 2.45. The summed E-state index contributed by atoms with van der Waals surface area (Å²) < 4.78 is 1.28. The van der Waals surface area contributed by atoms with Crippen molar-refractivity contribution in [1.29, 1.82) is 0 Å². The first-order valence-electron chi connectivity index (χ1n) is 8.27. The molecule has 0 aliphatic rings. The Bertz CT molecular complexity index is 904. The molecule has 25 heavy (non-hydrogen) atoms. The second-order valence-electron chi connectivity index (χ2n) is 6.17. The number of benzene rings is 2. The highest BCUT2D eigenvalue weighted by atomic mass is 16.7. The van der Waals surface area contributed by atoms with Crippen molar-refractivity contribution in [3.63, 3.8) is 0 Å². The first-order valence-corrected chi connectivity index (χ1v) is 8.27. The maximum Gasteiger partial charge on any atom is 0.307 e. The number of hydrogen-bond donors (Lipinski definition) is 1. The fourth-order valence-electron chi connectivity index (χ4n) is 2.74. The minimum atomic E-state index is -0.656. The van der Waals surface area contributed by atoms with Gasteiger partial charge in [-0.15, -0.1) is 4.73 Å². The largest absolute Gasteiger partial charge is 0.407 e. The molecule has 1 unspecified atom stereocenters. The molecule has 0 saturated heterocycles. The molecule has 1 N–H and O–H groups in total. The summed E-state index contributed by atoms with van der Waals surface area (Å²) in [5, 5.41) is 10.4. The summed E-state index contributed by atoms with van der Waals surface area (Å²) in [4.78, 5) is 20.4. The Morgan fingerprint density at radius 2 is 1.80 bits per heavy atom. The zero-order chi connectivity index (χ0) is 17.8. The average Bonchev–Trinajstić information content (AvgIpc) is 2.61. The van der Waals surface area contributed by atoms with E-state index in [-0.39, 0.29) is 12.2 Å². The average molecular weight is 338 g/mol. The van der Waals surface area contributed by atoms with Crippen LogP contribution in [0.25, 0.3) is 10.9 Å². The number of fused-ring (bicyclic) bond motifs is 1. The maximum atomic E-state index is 12.9. The highest BCUT2D eigenvalue weighted by molar-refractivity contribution is 5.82. The third-order valence-corrected chi connectivity index (χ3v) is 3.97. The topological polar surface area (TPSA) is 54.7 Å². The molecule has 2 aromatic carbocycles. The van der Waals surface area contributed by atoms with Crippen molar-refractivity contribution < 1.29 is 9.94 Å². The minimum Gasteiger partial charge on any atom is -0.407 e. The van der Waals surface area contributed by atoms with Gasteiger partial charge in [0, 0.05) is 19.0 Å². The fraction of sp³-hybridized carbons (Fsp3) is 0.250. The standard InChI is InChI=1S/C20H22N2O3/c1-15(23)14-25-22-18-11-7-6-10-17(18)12-19(20(22)24)21(2)13-16-8-4-3-5-9-16/h3-12,15,23H,13-14H2,1-2H3. The molecule has 0 spiro atoms. The summed E-state index contributed by atoms with van der Waals surface area (Å²) in [5.74, 6) is 0. The lowest BCUT2D eigenvalue weighted by Crippen LogP contribution is -2.35. The third-order valence-electron chi connectivity index (χ3n) is 3.97. The van der Waals surface area contributed by atoms with Gasteiger partial charge in [0.15, 0.2) is 0 Å². The lowest BCUT2D eigenvalue weighted by molar-refractivity contribution is 0.0364. The lowest BCUT2D eigenvalue weighted by atomic mass is 10.2.